The predicted molar refractivity (Wildman–Crippen MR) is 77.4 cm³/mol. The topological polar surface area (TPSA) is 102 Å². The molecule has 1 aromatic rings. The van der Waals surface area contributed by atoms with Gasteiger partial charge in [0.15, 0.2) is 0 Å². The van der Waals surface area contributed by atoms with Gasteiger partial charge in [0.25, 0.3) is 11.6 Å². The number of nitrogens with two attached hydrogens (primary N) is 1. The Morgan fingerprint density at radius 1 is 1.50 bits per heavy atom. The fourth-order valence-corrected chi connectivity index (χ4v) is 1.99. The van der Waals surface area contributed by atoms with Crippen molar-refractivity contribution in [2.75, 3.05) is 12.0 Å². The smallest absolute Gasteiger partial charge is 0.282 e. The zero-order valence-electron chi connectivity index (χ0n) is 11.9. The predicted octanol–water partition coefficient (Wildman–Crippen LogP) is 2.14. The number of nitrogens with one attached hydrogen (secondary N) is 1. The highest BCUT2D eigenvalue weighted by Crippen LogP contribution is 2.24. The molecule has 110 valence electrons. The van der Waals surface area contributed by atoms with Crippen LogP contribution in [0.1, 0.15) is 37.6 Å². The fraction of sp³-hybridized carbons (Fsp3) is 0.462. The van der Waals surface area contributed by atoms with Crippen LogP contribution < -0.4 is 11.3 Å². The molecule has 7 heteroatoms. The number of nitrogens with zero attached hydrogens (tertiary/aromatic N) is 2. The van der Waals surface area contributed by atoms with E-state index >= 15 is 0 Å². The van der Waals surface area contributed by atoms with Crippen molar-refractivity contribution < 1.29 is 9.72 Å². The molecule has 0 aliphatic rings. The van der Waals surface area contributed by atoms with Gasteiger partial charge >= 0.3 is 0 Å². The molecule has 1 aromatic carbocycles. The molecule has 0 radical (unpaired) electrons. The molecular weight excluding hydrogens is 260 g/mol. The Balaban J connectivity index is 3.27. The van der Waals surface area contributed by atoms with Gasteiger partial charge in [-0.2, -0.15) is 0 Å². The largest absolute Gasteiger partial charge is 0.336 e. The maximum atomic E-state index is 12.5. The zero-order chi connectivity index (χ0) is 15.3. The average molecular weight is 280 g/mol. The minimum absolute atomic E-state index is 0.0154. The lowest BCUT2D eigenvalue weighted by atomic mass is 10.1. The first-order chi connectivity index (χ1) is 9.46. The van der Waals surface area contributed by atoms with Gasteiger partial charge in [0.2, 0.25) is 0 Å². The van der Waals surface area contributed by atoms with E-state index in [9.17, 15) is 14.9 Å². The second kappa shape index (κ2) is 6.85. The maximum absolute atomic E-state index is 12.5. The van der Waals surface area contributed by atoms with Crippen molar-refractivity contribution in [1.29, 1.82) is 0 Å². The summed E-state index contributed by atoms with van der Waals surface area (Å²) in [6, 6.07) is 4.17. The minimum atomic E-state index is -0.558. The summed E-state index contributed by atoms with van der Waals surface area (Å²) >= 11 is 0. The molecule has 0 aliphatic heterocycles. The Hall–Kier alpha value is -2.15. The number of hydrazine groups is 1. The summed E-state index contributed by atoms with van der Waals surface area (Å²) < 4.78 is 0. The standard InChI is InChI=1S/C13H20N4O3/c1-4-9(3)16(5-2)13(18)11-8-10(15-14)6-7-12(11)17(19)20/h6-9,15H,4-5,14H2,1-3H3. The number of nitro benzene ring substituents is 1. The van der Waals surface area contributed by atoms with Crippen molar-refractivity contribution in [3.8, 4) is 0 Å². The highest BCUT2D eigenvalue weighted by molar-refractivity contribution is 5.99. The third-order valence-electron chi connectivity index (χ3n) is 3.31. The second-order valence-corrected chi connectivity index (χ2v) is 4.48. The van der Waals surface area contributed by atoms with Gasteiger partial charge in [0, 0.05) is 24.3 Å². The van der Waals surface area contributed by atoms with Crippen molar-refractivity contribution in [2.24, 2.45) is 5.84 Å². The van der Waals surface area contributed by atoms with Crippen LogP contribution in [0.25, 0.3) is 0 Å². The van der Waals surface area contributed by atoms with Gasteiger partial charge in [-0.1, -0.05) is 6.92 Å². The highest BCUT2D eigenvalue weighted by atomic mass is 16.6. The monoisotopic (exact) mass is 280 g/mol. The molecule has 0 fully saturated rings. The fourth-order valence-electron chi connectivity index (χ4n) is 1.99. The lowest BCUT2D eigenvalue weighted by Gasteiger charge is -2.27. The van der Waals surface area contributed by atoms with Crippen LogP contribution in [0.15, 0.2) is 18.2 Å². The first-order valence-corrected chi connectivity index (χ1v) is 6.52. The first-order valence-electron chi connectivity index (χ1n) is 6.52. The molecule has 0 aliphatic carbocycles. The van der Waals surface area contributed by atoms with Gasteiger partial charge < -0.3 is 10.3 Å². The number of nitrogen functional groups attached to an aromatic ring is 1. The van der Waals surface area contributed by atoms with Crippen LogP contribution in [0.4, 0.5) is 11.4 Å². The summed E-state index contributed by atoms with van der Waals surface area (Å²) in [4.78, 5) is 24.6. The molecule has 0 saturated carbocycles. The molecule has 3 N–H and O–H groups in total. The number of benzene rings is 1. The number of anilines is 1. The van der Waals surface area contributed by atoms with Crippen LogP contribution in [0.2, 0.25) is 0 Å². The van der Waals surface area contributed by atoms with Crippen LogP contribution >= 0.6 is 0 Å². The van der Waals surface area contributed by atoms with Gasteiger partial charge in [-0.15, -0.1) is 0 Å². The minimum Gasteiger partial charge on any atom is -0.336 e. The molecule has 1 unspecified atom stereocenters. The number of nitro groups is 1. The molecule has 0 heterocycles. The van der Waals surface area contributed by atoms with E-state index in [0.29, 0.717) is 12.2 Å². The van der Waals surface area contributed by atoms with E-state index in [1.54, 1.807) is 4.90 Å². The number of amides is 1. The quantitative estimate of drug-likeness (QED) is 0.472. The lowest BCUT2D eigenvalue weighted by Crippen LogP contribution is -2.38. The Bertz CT molecular complexity index is 504. The van der Waals surface area contributed by atoms with E-state index in [1.807, 2.05) is 20.8 Å². The van der Waals surface area contributed by atoms with Gasteiger partial charge in [-0.05, 0) is 32.4 Å². The van der Waals surface area contributed by atoms with Gasteiger partial charge in [-0.3, -0.25) is 20.8 Å². The number of carbonyl (C=O) groups is 1. The maximum Gasteiger partial charge on any atom is 0.282 e. The zero-order valence-corrected chi connectivity index (χ0v) is 11.9. The summed E-state index contributed by atoms with van der Waals surface area (Å²) in [5.41, 5.74) is 2.69. The highest BCUT2D eigenvalue weighted by Gasteiger charge is 2.26. The summed E-state index contributed by atoms with van der Waals surface area (Å²) in [7, 11) is 0. The van der Waals surface area contributed by atoms with Crippen molar-refractivity contribution in [1.82, 2.24) is 4.90 Å². The molecular formula is C13H20N4O3. The van der Waals surface area contributed by atoms with E-state index in [1.165, 1.54) is 18.2 Å². The second-order valence-electron chi connectivity index (χ2n) is 4.48. The van der Waals surface area contributed by atoms with Gasteiger partial charge in [-0.25, -0.2) is 0 Å². The number of rotatable bonds is 6. The summed E-state index contributed by atoms with van der Waals surface area (Å²) in [6.07, 6.45) is 0.780. The van der Waals surface area contributed by atoms with Crippen LogP contribution in [-0.4, -0.2) is 28.3 Å². The third-order valence-corrected chi connectivity index (χ3v) is 3.31. The molecule has 0 bridgehead atoms. The third kappa shape index (κ3) is 3.24. The number of carbonyl (C=O) groups excluding carboxylic acids is 1. The SMILES string of the molecule is CCC(C)N(CC)C(=O)c1cc(NN)ccc1[N+](=O)[O-]. The van der Waals surface area contributed by atoms with Crippen molar-refractivity contribution in [3.05, 3.63) is 33.9 Å². The molecule has 0 saturated heterocycles. The number of hydrogen-bond acceptors (Lipinski definition) is 5. The molecule has 1 atom stereocenters. The van der Waals surface area contributed by atoms with E-state index in [4.69, 9.17) is 5.84 Å². The van der Waals surface area contributed by atoms with Crippen molar-refractivity contribution in [3.63, 3.8) is 0 Å². The van der Waals surface area contributed by atoms with E-state index in [2.05, 4.69) is 5.43 Å². The van der Waals surface area contributed by atoms with Gasteiger partial charge in [0.1, 0.15) is 5.56 Å². The molecule has 1 amide bonds. The van der Waals surface area contributed by atoms with Crippen molar-refractivity contribution in [2.45, 2.75) is 33.2 Å². The lowest BCUT2D eigenvalue weighted by molar-refractivity contribution is -0.385. The van der Waals surface area contributed by atoms with E-state index < -0.39 is 4.92 Å². The Labute approximate surface area is 117 Å². The van der Waals surface area contributed by atoms with Crippen LogP contribution in [0.5, 0.6) is 0 Å². The first kappa shape index (κ1) is 15.9. The van der Waals surface area contributed by atoms with E-state index in [0.717, 1.165) is 6.42 Å². The average Bonchev–Trinajstić information content (AvgIpc) is 2.46. The molecule has 0 aromatic heterocycles. The normalized spacial score (nSPS) is 11.8. The van der Waals surface area contributed by atoms with Crippen molar-refractivity contribution >= 4 is 17.3 Å². The number of hydrogen-bond donors (Lipinski definition) is 2. The van der Waals surface area contributed by atoms with Crippen LogP contribution in [0.3, 0.4) is 0 Å². The van der Waals surface area contributed by atoms with Gasteiger partial charge in [0.05, 0.1) is 4.92 Å². The Morgan fingerprint density at radius 2 is 2.15 bits per heavy atom. The molecule has 7 nitrogen and oxygen atoms in total. The molecule has 20 heavy (non-hydrogen) atoms. The molecule has 0 spiro atoms. The van der Waals surface area contributed by atoms with Crippen LogP contribution in [-0.2, 0) is 0 Å². The van der Waals surface area contributed by atoms with Crippen LogP contribution in [0, 0.1) is 10.1 Å². The summed E-state index contributed by atoms with van der Waals surface area (Å²) in [5.74, 6) is 4.94. The van der Waals surface area contributed by atoms with E-state index in [-0.39, 0.29) is 23.2 Å². The Kier molecular flexibility index (Phi) is 5.45. The molecule has 1 rings (SSSR count). The summed E-state index contributed by atoms with van der Waals surface area (Å²) in [6.45, 7) is 6.22. The summed E-state index contributed by atoms with van der Waals surface area (Å²) in [5, 5.41) is 11.1. The Morgan fingerprint density at radius 3 is 2.60 bits per heavy atom.